The summed E-state index contributed by atoms with van der Waals surface area (Å²) in [6.45, 7) is 4.84. The standard InChI is InChI=1S/C16H20N2/c1-12-8-13(2)10-16(9-12)18(3)15-6-4-14(11-17)5-7-15/h4-10H,11,17H2,1-3H3. The van der Waals surface area contributed by atoms with Gasteiger partial charge in [0.15, 0.2) is 0 Å². The monoisotopic (exact) mass is 240 g/mol. The molecule has 0 aromatic heterocycles. The first-order chi connectivity index (χ1) is 8.60. The van der Waals surface area contributed by atoms with Crippen LogP contribution in [0.3, 0.4) is 0 Å². The van der Waals surface area contributed by atoms with Gasteiger partial charge in [0.05, 0.1) is 0 Å². The van der Waals surface area contributed by atoms with Gasteiger partial charge in [-0.15, -0.1) is 0 Å². The van der Waals surface area contributed by atoms with Gasteiger partial charge in [-0.05, 0) is 54.8 Å². The van der Waals surface area contributed by atoms with E-state index >= 15 is 0 Å². The van der Waals surface area contributed by atoms with Gasteiger partial charge in [-0.3, -0.25) is 0 Å². The zero-order chi connectivity index (χ0) is 13.1. The molecule has 94 valence electrons. The Kier molecular flexibility index (Phi) is 3.68. The fraction of sp³-hybridized carbons (Fsp3) is 0.250. The van der Waals surface area contributed by atoms with E-state index in [-0.39, 0.29) is 0 Å². The summed E-state index contributed by atoms with van der Waals surface area (Å²) < 4.78 is 0. The summed E-state index contributed by atoms with van der Waals surface area (Å²) in [5.74, 6) is 0. The maximum absolute atomic E-state index is 5.61. The normalized spacial score (nSPS) is 10.4. The average Bonchev–Trinajstić information content (AvgIpc) is 2.37. The van der Waals surface area contributed by atoms with E-state index in [4.69, 9.17) is 5.73 Å². The third-order valence-corrected chi connectivity index (χ3v) is 3.15. The highest BCUT2D eigenvalue weighted by molar-refractivity contribution is 5.64. The molecule has 2 nitrogen and oxygen atoms in total. The Hall–Kier alpha value is -1.80. The van der Waals surface area contributed by atoms with Gasteiger partial charge in [-0.25, -0.2) is 0 Å². The van der Waals surface area contributed by atoms with E-state index in [0.717, 1.165) is 5.56 Å². The lowest BCUT2D eigenvalue weighted by Gasteiger charge is -2.21. The highest BCUT2D eigenvalue weighted by Crippen LogP contribution is 2.25. The van der Waals surface area contributed by atoms with E-state index in [1.165, 1.54) is 22.5 Å². The third-order valence-electron chi connectivity index (χ3n) is 3.15. The second kappa shape index (κ2) is 5.23. The van der Waals surface area contributed by atoms with Gasteiger partial charge in [-0.2, -0.15) is 0 Å². The molecule has 0 aliphatic carbocycles. The van der Waals surface area contributed by atoms with Crippen LogP contribution >= 0.6 is 0 Å². The van der Waals surface area contributed by atoms with Gasteiger partial charge in [0, 0.05) is 25.0 Å². The van der Waals surface area contributed by atoms with Crippen LogP contribution < -0.4 is 10.6 Å². The first-order valence-electron chi connectivity index (χ1n) is 6.21. The first kappa shape index (κ1) is 12.7. The molecule has 0 unspecified atom stereocenters. The Labute approximate surface area is 109 Å². The fourth-order valence-corrected chi connectivity index (χ4v) is 2.15. The van der Waals surface area contributed by atoms with Crippen molar-refractivity contribution in [1.82, 2.24) is 0 Å². The topological polar surface area (TPSA) is 29.3 Å². The van der Waals surface area contributed by atoms with Crippen molar-refractivity contribution in [2.45, 2.75) is 20.4 Å². The molecule has 0 saturated heterocycles. The van der Waals surface area contributed by atoms with Gasteiger partial charge in [-0.1, -0.05) is 18.2 Å². The minimum atomic E-state index is 0.591. The molecule has 2 aromatic rings. The lowest BCUT2D eigenvalue weighted by atomic mass is 10.1. The average molecular weight is 240 g/mol. The summed E-state index contributed by atoms with van der Waals surface area (Å²) in [5.41, 5.74) is 11.7. The van der Waals surface area contributed by atoms with Gasteiger partial charge in [0.2, 0.25) is 0 Å². The number of nitrogens with zero attached hydrogens (tertiary/aromatic N) is 1. The van der Waals surface area contributed by atoms with Crippen molar-refractivity contribution in [2.24, 2.45) is 5.73 Å². The molecule has 0 radical (unpaired) electrons. The van der Waals surface area contributed by atoms with E-state index in [1.54, 1.807) is 0 Å². The second-order valence-electron chi connectivity index (χ2n) is 4.78. The summed E-state index contributed by atoms with van der Waals surface area (Å²) >= 11 is 0. The van der Waals surface area contributed by atoms with Crippen molar-refractivity contribution >= 4 is 11.4 Å². The molecule has 2 N–H and O–H groups in total. The van der Waals surface area contributed by atoms with E-state index in [9.17, 15) is 0 Å². The largest absolute Gasteiger partial charge is 0.345 e. The van der Waals surface area contributed by atoms with Crippen LogP contribution in [-0.4, -0.2) is 7.05 Å². The summed E-state index contributed by atoms with van der Waals surface area (Å²) in [6, 6.07) is 15.0. The van der Waals surface area contributed by atoms with Crippen LogP contribution in [-0.2, 0) is 6.54 Å². The van der Waals surface area contributed by atoms with Crippen LogP contribution in [0.2, 0.25) is 0 Å². The van der Waals surface area contributed by atoms with Gasteiger partial charge in [0.1, 0.15) is 0 Å². The highest BCUT2D eigenvalue weighted by atomic mass is 15.1. The van der Waals surface area contributed by atoms with E-state index < -0.39 is 0 Å². The number of hydrogen-bond acceptors (Lipinski definition) is 2. The van der Waals surface area contributed by atoms with Gasteiger partial charge >= 0.3 is 0 Å². The molecular formula is C16H20N2. The number of anilines is 2. The number of benzene rings is 2. The number of nitrogens with two attached hydrogens (primary N) is 1. The molecule has 18 heavy (non-hydrogen) atoms. The molecular weight excluding hydrogens is 220 g/mol. The Morgan fingerprint density at radius 3 is 1.94 bits per heavy atom. The summed E-state index contributed by atoms with van der Waals surface area (Å²) in [7, 11) is 2.09. The molecule has 2 rings (SSSR count). The summed E-state index contributed by atoms with van der Waals surface area (Å²) in [6.07, 6.45) is 0. The number of hydrogen-bond donors (Lipinski definition) is 1. The van der Waals surface area contributed by atoms with E-state index in [0.29, 0.717) is 6.54 Å². The Balaban J connectivity index is 2.31. The lowest BCUT2D eigenvalue weighted by Crippen LogP contribution is -2.10. The maximum atomic E-state index is 5.61. The highest BCUT2D eigenvalue weighted by Gasteiger charge is 2.04. The molecule has 0 heterocycles. The molecule has 2 aromatic carbocycles. The maximum Gasteiger partial charge on any atom is 0.0413 e. The van der Waals surface area contributed by atoms with Crippen molar-refractivity contribution < 1.29 is 0 Å². The van der Waals surface area contributed by atoms with Crippen LogP contribution in [0.15, 0.2) is 42.5 Å². The minimum Gasteiger partial charge on any atom is -0.345 e. The van der Waals surface area contributed by atoms with Crippen molar-refractivity contribution in [3.63, 3.8) is 0 Å². The zero-order valence-corrected chi connectivity index (χ0v) is 11.3. The Morgan fingerprint density at radius 2 is 1.44 bits per heavy atom. The molecule has 0 bridgehead atoms. The summed E-state index contributed by atoms with van der Waals surface area (Å²) in [5, 5.41) is 0. The van der Waals surface area contributed by atoms with Crippen molar-refractivity contribution in [1.29, 1.82) is 0 Å². The van der Waals surface area contributed by atoms with Crippen molar-refractivity contribution in [2.75, 3.05) is 11.9 Å². The lowest BCUT2D eigenvalue weighted by molar-refractivity contribution is 1.07. The predicted octanol–water partition coefficient (Wildman–Crippen LogP) is 3.53. The molecule has 2 heteroatoms. The molecule has 0 fully saturated rings. The predicted molar refractivity (Wildman–Crippen MR) is 78.3 cm³/mol. The quantitative estimate of drug-likeness (QED) is 0.889. The second-order valence-corrected chi connectivity index (χ2v) is 4.78. The SMILES string of the molecule is Cc1cc(C)cc(N(C)c2ccc(CN)cc2)c1. The van der Waals surface area contributed by atoms with Gasteiger partial charge in [0.25, 0.3) is 0 Å². The summed E-state index contributed by atoms with van der Waals surface area (Å²) in [4.78, 5) is 2.19. The van der Waals surface area contributed by atoms with Crippen molar-refractivity contribution in [3.05, 3.63) is 59.2 Å². The fourth-order valence-electron chi connectivity index (χ4n) is 2.15. The smallest absolute Gasteiger partial charge is 0.0413 e. The first-order valence-corrected chi connectivity index (χ1v) is 6.21. The number of rotatable bonds is 3. The minimum absolute atomic E-state index is 0.591. The van der Waals surface area contributed by atoms with Crippen LogP contribution in [0.1, 0.15) is 16.7 Å². The van der Waals surface area contributed by atoms with Gasteiger partial charge < -0.3 is 10.6 Å². The molecule has 0 atom stereocenters. The molecule has 0 saturated carbocycles. The molecule has 0 aliphatic rings. The number of aryl methyl sites for hydroxylation is 2. The molecule has 0 spiro atoms. The van der Waals surface area contributed by atoms with Crippen LogP contribution in [0.5, 0.6) is 0 Å². The Morgan fingerprint density at radius 1 is 0.889 bits per heavy atom. The van der Waals surface area contributed by atoms with E-state index in [2.05, 4.69) is 68.3 Å². The van der Waals surface area contributed by atoms with Crippen LogP contribution in [0.25, 0.3) is 0 Å². The van der Waals surface area contributed by atoms with Crippen molar-refractivity contribution in [3.8, 4) is 0 Å². The zero-order valence-electron chi connectivity index (χ0n) is 11.3. The van der Waals surface area contributed by atoms with Crippen LogP contribution in [0, 0.1) is 13.8 Å². The molecule has 0 amide bonds. The Bertz CT molecular complexity index is 509. The third kappa shape index (κ3) is 2.71. The van der Waals surface area contributed by atoms with Crippen LogP contribution in [0.4, 0.5) is 11.4 Å². The molecule has 0 aliphatic heterocycles. The van der Waals surface area contributed by atoms with E-state index in [1.807, 2.05) is 0 Å².